The highest BCUT2D eigenvalue weighted by Crippen LogP contribution is 2.28. The van der Waals surface area contributed by atoms with E-state index in [9.17, 15) is 14.7 Å². The number of rotatable bonds is 7. The van der Waals surface area contributed by atoms with E-state index in [1.165, 1.54) is 0 Å². The molecule has 0 saturated carbocycles. The smallest absolute Gasteiger partial charge is 0.336 e. The first-order valence-corrected chi connectivity index (χ1v) is 11.0. The van der Waals surface area contributed by atoms with Gasteiger partial charge in [-0.1, -0.05) is 86.1 Å². The van der Waals surface area contributed by atoms with Crippen molar-refractivity contribution < 1.29 is 19.5 Å². The molecule has 1 heterocycles. The van der Waals surface area contributed by atoms with Gasteiger partial charge in [0.1, 0.15) is 5.82 Å². The molecule has 0 aromatic heterocycles. The second kappa shape index (κ2) is 10.1. The highest BCUT2D eigenvalue weighted by molar-refractivity contribution is 5.96. The minimum absolute atomic E-state index is 0.136. The molecule has 1 unspecified atom stereocenters. The van der Waals surface area contributed by atoms with Gasteiger partial charge in [-0.3, -0.25) is 14.5 Å². The summed E-state index contributed by atoms with van der Waals surface area (Å²) in [7, 11) is 0. The zero-order chi connectivity index (χ0) is 23.2. The Labute approximate surface area is 193 Å². The van der Waals surface area contributed by atoms with E-state index >= 15 is 0 Å². The van der Waals surface area contributed by atoms with Crippen LogP contribution in [0, 0.1) is 0 Å². The van der Waals surface area contributed by atoms with Crippen LogP contribution in [0.1, 0.15) is 47.4 Å². The summed E-state index contributed by atoms with van der Waals surface area (Å²) >= 11 is 0. The van der Waals surface area contributed by atoms with Crippen LogP contribution in [0.25, 0.3) is 11.1 Å². The maximum atomic E-state index is 13.4. The van der Waals surface area contributed by atoms with Crippen LogP contribution in [-0.2, 0) is 16.2 Å². The van der Waals surface area contributed by atoms with E-state index in [0.29, 0.717) is 17.9 Å². The van der Waals surface area contributed by atoms with Crippen LogP contribution in [0.5, 0.6) is 0 Å². The lowest BCUT2D eigenvalue weighted by molar-refractivity contribution is -0.159. The lowest BCUT2D eigenvalue weighted by Crippen LogP contribution is -2.46. The predicted octanol–water partition coefficient (Wildman–Crippen LogP) is 5.30. The molecule has 1 amide bonds. The summed E-state index contributed by atoms with van der Waals surface area (Å²) in [5.74, 6) is -0.464. The Morgan fingerprint density at radius 2 is 1.73 bits per heavy atom. The SMILES string of the molecule is CCCC=C1NOC(c2ccccc2)C(=O)N1Cc1ccc(-c2ccccc2C(=O)O)cc1. The molecule has 4 rings (SSSR count). The van der Waals surface area contributed by atoms with Crippen LogP contribution in [-0.4, -0.2) is 21.9 Å². The van der Waals surface area contributed by atoms with Crippen molar-refractivity contribution in [3.05, 3.63) is 107 Å². The van der Waals surface area contributed by atoms with Gasteiger partial charge in [0.25, 0.3) is 5.91 Å². The van der Waals surface area contributed by atoms with Gasteiger partial charge in [0.15, 0.2) is 6.10 Å². The zero-order valence-electron chi connectivity index (χ0n) is 18.4. The molecule has 33 heavy (non-hydrogen) atoms. The Morgan fingerprint density at radius 3 is 2.42 bits per heavy atom. The minimum atomic E-state index is -0.961. The van der Waals surface area contributed by atoms with Crippen LogP contribution in [0.4, 0.5) is 0 Å². The van der Waals surface area contributed by atoms with Crippen molar-refractivity contribution in [2.75, 3.05) is 0 Å². The Kier molecular flexibility index (Phi) is 6.86. The third-order valence-electron chi connectivity index (χ3n) is 5.55. The molecule has 3 aromatic carbocycles. The van der Waals surface area contributed by atoms with Crippen molar-refractivity contribution in [1.29, 1.82) is 0 Å². The maximum absolute atomic E-state index is 13.4. The van der Waals surface area contributed by atoms with Gasteiger partial charge in [-0.05, 0) is 40.8 Å². The quantitative estimate of drug-likeness (QED) is 0.519. The number of nitrogens with zero attached hydrogens (tertiary/aromatic N) is 1. The normalized spacial score (nSPS) is 17.1. The Bertz CT molecular complexity index is 1160. The summed E-state index contributed by atoms with van der Waals surface area (Å²) in [6.07, 6.45) is 3.01. The number of allylic oxidation sites excluding steroid dienone is 1. The number of carbonyl (C=O) groups is 2. The van der Waals surface area contributed by atoms with Crippen molar-refractivity contribution in [3.8, 4) is 11.1 Å². The van der Waals surface area contributed by atoms with Crippen molar-refractivity contribution in [1.82, 2.24) is 10.4 Å². The van der Waals surface area contributed by atoms with Crippen molar-refractivity contribution in [2.24, 2.45) is 0 Å². The van der Waals surface area contributed by atoms with Crippen molar-refractivity contribution in [3.63, 3.8) is 0 Å². The molecule has 0 bridgehead atoms. The van der Waals surface area contributed by atoms with Gasteiger partial charge in [0.05, 0.1) is 12.1 Å². The molecule has 1 saturated heterocycles. The monoisotopic (exact) mass is 442 g/mol. The molecular formula is C27H26N2O4. The fourth-order valence-electron chi connectivity index (χ4n) is 3.81. The lowest BCUT2D eigenvalue weighted by Gasteiger charge is -2.35. The number of amides is 1. The molecule has 0 aliphatic carbocycles. The molecule has 3 aromatic rings. The first-order valence-electron chi connectivity index (χ1n) is 11.0. The third-order valence-corrected chi connectivity index (χ3v) is 5.55. The van der Waals surface area contributed by atoms with E-state index in [4.69, 9.17) is 4.84 Å². The van der Waals surface area contributed by atoms with E-state index in [-0.39, 0.29) is 11.5 Å². The highest BCUT2D eigenvalue weighted by Gasteiger charge is 2.34. The van der Waals surface area contributed by atoms with Gasteiger partial charge in [-0.15, -0.1) is 0 Å². The first-order chi connectivity index (χ1) is 16.1. The largest absolute Gasteiger partial charge is 0.478 e. The van der Waals surface area contributed by atoms with E-state index in [0.717, 1.165) is 29.5 Å². The summed E-state index contributed by atoms with van der Waals surface area (Å²) in [5.41, 5.74) is 6.41. The van der Waals surface area contributed by atoms with E-state index < -0.39 is 12.1 Å². The van der Waals surface area contributed by atoms with Crippen LogP contribution >= 0.6 is 0 Å². The second-order valence-corrected chi connectivity index (χ2v) is 7.86. The topological polar surface area (TPSA) is 78.9 Å². The summed E-state index contributed by atoms with van der Waals surface area (Å²) < 4.78 is 0. The van der Waals surface area contributed by atoms with Crippen molar-refractivity contribution >= 4 is 11.9 Å². The Morgan fingerprint density at radius 1 is 1.03 bits per heavy atom. The molecule has 1 aliphatic heterocycles. The molecular weight excluding hydrogens is 416 g/mol. The lowest BCUT2D eigenvalue weighted by atomic mass is 9.98. The van der Waals surface area contributed by atoms with Crippen LogP contribution in [0.2, 0.25) is 0 Å². The average Bonchev–Trinajstić information content (AvgIpc) is 2.85. The van der Waals surface area contributed by atoms with E-state index in [1.54, 1.807) is 23.1 Å². The minimum Gasteiger partial charge on any atom is -0.478 e. The predicted molar refractivity (Wildman–Crippen MR) is 126 cm³/mol. The molecule has 168 valence electrons. The summed E-state index contributed by atoms with van der Waals surface area (Å²) in [6, 6.07) is 24.0. The number of aromatic carboxylic acids is 1. The van der Waals surface area contributed by atoms with Gasteiger partial charge in [-0.2, -0.15) is 0 Å². The molecule has 6 heteroatoms. The molecule has 6 nitrogen and oxygen atoms in total. The number of carboxylic acid groups (broad SMARTS) is 1. The zero-order valence-corrected chi connectivity index (χ0v) is 18.4. The van der Waals surface area contributed by atoms with Crippen LogP contribution in [0.15, 0.2) is 90.8 Å². The molecule has 0 radical (unpaired) electrons. The van der Waals surface area contributed by atoms with Crippen LogP contribution in [0.3, 0.4) is 0 Å². The number of hydroxylamine groups is 1. The first kappa shape index (κ1) is 22.3. The van der Waals surface area contributed by atoms with Gasteiger partial charge >= 0.3 is 5.97 Å². The molecule has 2 N–H and O–H groups in total. The average molecular weight is 443 g/mol. The van der Waals surface area contributed by atoms with Gasteiger partial charge in [0.2, 0.25) is 0 Å². The second-order valence-electron chi connectivity index (χ2n) is 7.86. The maximum Gasteiger partial charge on any atom is 0.336 e. The highest BCUT2D eigenvalue weighted by atomic mass is 16.7. The molecule has 1 atom stereocenters. The Hall–Kier alpha value is -3.90. The van der Waals surface area contributed by atoms with Crippen molar-refractivity contribution in [2.45, 2.75) is 32.4 Å². The van der Waals surface area contributed by atoms with Crippen LogP contribution < -0.4 is 5.48 Å². The number of nitrogens with one attached hydrogen (secondary N) is 1. The number of carbonyl (C=O) groups excluding carboxylic acids is 1. The number of unbranched alkanes of at least 4 members (excludes halogenated alkanes) is 1. The third kappa shape index (κ3) is 4.96. The fraction of sp³-hybridized carbons (Fsp3) is 0.185. The fourth-order valence-corrected chi connectivity index (χ4v) is 3.81. The molecule has 1 aliphatic rings. The van der Waals surface area contributed by atoms with E-state index in [2.05, 4.69) is 12.4 Å². The Balaban J connectivity index is 1.59. The van der Waals surface area contributed by atoms with E-state index in [1.807, 2.05) is 66.7 Å². The van der Waals surface area contributed by atoms with Gasteiger partial charge in [-0.25, -0.2) is 10.3 Å². The van der Waals surface area contributed by atoms with Gasteiger partial charge in [0, 0.05) is 0 Å². The summed E-state index contributed by atoms with van der Waals surface area (Å²) in [5, 5.41) is 9.48. The number of carboxylic acids is 1. The number of hydrogen-bond donors (Lipinski definition) is 2. The molecule has 1 fully saturated rings. The number of benzene rings is 3. The molecule has 0 spiro atoms. The summed E-state index contributed by atoms with van der Waals surface area (Å²) in [6.45, 7) is 2.45. The standard InChI is InChI=1S/C27H26N2O4/c1-2-3-13-24-28-33-25(21-9-5-4-6-10-21)26(30)29(24)18-19-14-16-20(17-15-19)22-11-7-8-12-23(22)27(31)32/h4-17,25,28H,2-3,18H2,1H3,(H,31,32). The number of hydrogen-bond acceptors (Lipinski definition) is 4. The van der Waals surface area contributed by atoms with Gasteiger partial charge < -0.3 is 5.11 Å². The summed E-state index contributed by atoms with van der Waals surface area (Å²) in [4.78, 5) is 32.3.